The molecule has 0 heterocycles. The fourth-order valence-electron chi connectivity index (χ4n) is 1.28. The molecule has 1 N–H and O–H groups in total. The molecule has 0 aliphatic carbocycles. The molecule has 1 aromatic rings. The van der Waals surface area contributed by atoms with Crippen molar-refractivity contribution in [2.24, 2.45) is 0 Å². The van der Waals surface area contributed by atoms with Gasteiger partial charge in [0.25, 0.3) is 0 Å². The lowest BCUT2D eigenvalue weighted by atomic mass is 10.1. The normalized spacial score (nSPS) is 12.3. The average molecular weight is 227 g/mol. The summed E-state index contributed by atoms with van der Waals surface area (Å²) in [5.41, 5.74) is 1.86. The first-order valence-electron chi connectivity index (χ1n) is 4.75. The minimum atomic E-state index is -0.552. The SMILES string of the molecule is C=C(Cl)COc1ccc(C)cc1[C@@H](C)O. The Morgan fingerprint density at radius 1 is 1.60 bits per heavy atom. The second-order valence-electron chi connectivity index (χ2n) is 3.52. The van der Waals surface area contributed by atoms with Crippen LogP contribution in [0.3, 0.4) is 0 Å². The van der Waals surface area contributed by atoms with Gasteiger partial charge in [0.2, 0.25) is 0 Å². The lowest BCUT2D eigenvalue weighted by Gasteiger charge is -2.13. The number of aliphatic hydroxyl groups excluding tert-OH is 1. The molecular weight excluding hydrogens is 212 g/mol. The molecule has 1 atom stereocenters. The fraction of sp³-hybridized carbons (Fsp3) is 0.333. The maximum Gasteiger partial charge on any atom is 0.125 e. The smallest absolute Gasteiger partial charge is 0.125 e. The molecule has 0 unspecified atom stereocenters. The summed E-state index contributed by atoms with van der Waals surface area (Å²) in [4.78, 5) is 0. The topological polar surface area (TPSA) is 29.5 Å². The molecule has 1 rings (SSSR count). The van der Waals surface area contributed by atoms with Crippen LogP contribution < -0.4 is 4.74 Å². The zero-order valence-corrected chi connectivity index (χ0v) is 9.71. The van der Waals surface area contributed by atoms with E-state index in [1.807, 2.05) is 25.1 Å². The number of hydrogen-bond acceptors (Lipinski definition) is 2. The molecule has 0 fully saturated rings. The van der Waals surface area contributed by atoms with Crippen molar-refractivity contribution < 1.29 is 9.84 Å². The second kappa shape index (κ2) is 5.19. The van der Waals surface area contributed by atoms with Gasteiger partial charge in [-0.15, -0.1) is 0 Å². The Morgan fingerprint density at radius 2 is 2.27 bits per heavy atom. The van der Waals surface area contributed by atoms with Gasteiger partial charge in [-0.3, -0.25) is 0 Å². The van der Waals surface area contributed by atoms with Crippen molar-refractivity contribution in [3.8, 4) is 5.75 Å². The van der Waals surface area contributed by atoms with E-state index in [0.29, 0.717) is 10.8 Å². The van der Waals surface area contributed by atoms with E-state index in [4.69, 9.17) is 16.3 Å². The quantitative estimate of drug-likeness (QED) is 0.855. The Balaban J connectivity index is 2.90. The molecular formula is C12H15ClO2. The van der Waals surface area contributed by atoms with Gasteiger partial charge in [0, 0.05) is 10.6 Å². The van der Waals surface area contributed by atoms with Gasteiger partial charge in [0.15, 0.2) is 0 Å². The van der Waals surface area contributed by atoms with Gasteiger partial charge in [-0.25, -0.2) is 0 Å². The van der Waals surface area contributed by atoms with Crippen LogP contribution in [-0.4, -0.2) is 11.7 Å². The molecule has 0 aliphatic heterocycles. The van der Waals surface area contributed by atoms with Crippen molar-refractivity contribution >= 4 is 11.6 Å². The second-order valence-corrected chi connectivity index (χ2v) is 4.06. The highest BCUT2D eigenvalue weighted by atomic mass is 35.5. The van der Waals surface area contributed by atoms with Crippen molar-refractivity contribution in [1.82, 2.24) is 0 Å². The molecule has 82 valence electrons. The lowest BCUT2D eigenvalue weighted by molar-refractivity contribution is 0.192. The minimum absolute atomic E-state index is 0.254. The van der Waals surface area contributed by atoms with E-state index in [9.17, 15) is 5.11 Å². The number of hydrogen-bond donors (Lipinski definition) is 1. The van der Waals surface area contributed by atoms with Crippen LogP contribution in [-0.2, 0) is 0 Å². The summed E-state index contributed by atoms with van der Waals surface area (Å²) in [5, 5.41) is 10.00. The monoisotopic (exact) mass is 226 g/mol. The third kappa shape index (κ3) is 3.57. The van der Waals surface area contributed by atoms with Crippen LogP contribution in [0.25, 0.3) is 0 Å². The fourth-order valence-corrected chi connectivity index (χ4v) is 1.34. The number of halogens is 1. The van der Waals surface area contributed by atoms with Gasteiger partial charge in [-0.2, -0.15) is 0 Å². The van der Waals surface area contributed by atoms with Crippen molar-refractivity contribution in [2.75, 3.05) is 6.61 Å². The Morgan fingerprint density at radius 3 is 2.80 bits per heavy atom. The summed E-state index contributed by atoms with van der Waals surface area (Å²) in [5.74, 6) is 0.650. The van der Waals surface area contributed by atoms with E-state index in [1.165, 1.54) is 0 Å². The summed E-state index contributed by atoms with van der Waals surface area (Å²) >= 11 is 5.61. The zero-order chi connectivity index (χ0) is 11.4. The van der Waals surface area contributed by atoms with E-state index in [1.54, 1.807) is 6.92 Å². The third-order valence-electron chi connectivity index (χ3n) is 2.00. The highest BCUT2D eigenvalue weighted by Crippen LogP contribution is 2.26. The van der Waals surface area contributed by atoms with Gasteiger partial charge in [-0.1, -0.05) is 29.8 Å². The predicted molar refractivity (Wildman–Crippen MR) is 62.3 cm³/mol. The van der Waals surface area contributed by atoms with Gasteiger partial charge in [0.1, 0.15) is 12.4 Å². The average Bonchev–Trinajstić information content (AvgIpc) is 2.15. The summed E-state index contributed by atoms with van der Waals surface area (Å²) in [6.45, 7) is 7.47. The largest absolute Gasteiger partial charge is 0.488 e. The van der Waals surface area contributed by atoms with E-state index >= 15 is 0 Å². The zero-order valence-electron chi connectivity index (χ0n) is 8.96. The third-order valence-corrected chi connectivity index (χ3v) is 2.11. The van der Waals surface area contributed by atoms with Crippen LogP contribution in [0.4, 0.5) is 0 Å². The lowest BCUT2D eigenvalue weighted by Crippen LogP contribution is -2.02. The van der Waals surface area contributed by atoms with E-state index < -0.39 is 6.10 Å². The Labute approximate surface area is 95.1 Å². The first-order valence-corrected chi connectivity index (χ1v) is 5.13. The molecule has 0 saturated heterocycles. The molecule has 0 bridgehead atoms. The van der Waals surface area contributed by atoms with Crippen LogP contribution >= 0.6 is 11.6 Å². The summed E-state index contributed by atoms with van der Waals surface area (Å²) in [6.07, 6.45) is -0.552. The Kier molecular flexibility index (Phi) is 4.18. The van der Waals surface area contributed by atoms with Crippen LogP contribution in [0, 0.1) is 6.92 Å². The number of benzene rings is 1. The van der Waals surface area contributed by atoms with Crippen molar-refractivity contribution in [2.45, 2.75) is 20.0 Å². The van der Waals surface area contributed by atoms with Gasteiger partial charge < -0.3 is 9.84 Å². The molecule has 3 heteroatoms. The van der Waals surface area contributed by atoms with Crippen molar-refractivity contribution in [1.29, 1.82) is 0 Å². The minimum Gasteiger partial charge on any atom is -0.488 e. The summed E-state index contributed by atoms with van der Waals surface area (Å²) in [6, 6.07) is 5.66. The molecule has 2 nitrogen and oxygen atoms in total. The molecule has 0 saturated carbocycles. The van der Waals surface area contributed by atoms with Crippen LogP contribution in [0.1, 0.15) is 24.2 Å². The maximum atomic E-state index is 9.56. The highest BCUT2D eigenvalue weighted by Gasteiger charge is 2.09. The van der Waals surface area contributed by atoms with Crippen molar-refractivity contribution in [3.63, 3.8) is 0 Å². The molecule has 1 aromatic carbocycles. The van der Waals surface area contributed by atoms with Gasteiger partial charge in [0.05, 0.1) is 6.10 Å². The molecule has 0 aliphatic rings. The standard InChI is InChI=1S/C12H15ClO2/c1-8-4-5-12(15-7-9(2)13)11(6-8)10(3)14/h4-6,10,14H,2,7H2,1,3H3/t10-/m1/s1. The molecule has 0 radical (unpaired) electrons. The highest BCUT2D eigenvalue weighted by molar-refractivity contribution is 6.29. The number of ether oxygens (including phenoxy) is 1. The molecule has 0 amide bonds. The van der Waals surface area contributed by atoms with Crippen molar-refractivity contribution in [3.05, 3.63) is 40.9 Å². The van der Waals surface area contributed by atoms with E-state index in [2.05, 4.69) is 6.58 Å². The Bertz CT molecular complexity index is 359. The predicted octanol–water partition coefficient (Wildman–Crippen LogP) is 3.18. The molecule has 15 heavy (non-hydrogen) atoms. The maximum absolute atomic E-state index is 9.56. The van der Waals surface area contributed by atoms with Crippen LogP contribution in [0.15, 0.2) is 29.8 Å². The van der Waals surface area contributed by atoms with E-state index in [0.717, 1.165) is 11.1 Å². The van der Waals surface area contributed by atoms with E-state index in [-0.39, 0.29) is 6.61 Å². The van der Waals surface area contributed by atoms with Crippen LogP contribution in [0.2, 0.25) is 0 Å². The molecule has 0 spiro atoms. The number of aryl methyl sites for hydroxylation is 1. The molecule has 0 aromatic heterocycles. The first kappa shape index (κ1) is 12.1. The summed E-state index contributed by atoms with van der Waals surface area (Å²) < 4.78 is 5.42. The first-order chi connectivity index (χ1) is 7.00. The number of rotatable bonds is 4. The summed E-state index contributed by atoms with van der Waals surface area (Å²) in [7, 11) is 0. The number of aliphatic hydroxyl groups is 1. The Hall–Kier alpha value is -0.990. The van der Waals surface area contributed by atoms with Gasteiger partial charge >= 0.3 is 0 Å². The van der Waals surface area contributed by atoms with Crippen LogP contribution in [0.5, 0.6) is 5.75 Å². The van der Waals surface area contributed by atoms with Gasteiger partial charge in [-0.05, 0) is 26.0 Å².